The monoisotopic (exact) mass is 308 g/mol. The molecule has 1 N–H and O–H groups in total. The average molecular weight is 308 g/mol. The third-order valence-corrected chi connectivity index (χ3v) is 2.84. The molecule has 0 aliphatic heterocycles. The van der Waals surface area contributed by atoms with Gasteiger partial charge in [-0.25, -0.2) is 9.80 Å². The number of esters is 1. The molecule has 0 bridgehead atoms. The lowest BCUT2D eigenvalue weighted by molar-refractivity contribution is -0.147. The van der Waals surface area contributed by atoms with Crippen molar-refractivity contribution in [3.63, 3.8) is 0 Å². The minimum Gasteiger partial charge on any atom is -0.468 e. The second kappa shape index (κ2) is 7.79. The number of nitrogens with zero attached hydrogens (tertiary/aromatic N) is 1. The van der Waals surface area contributed by atoms with Gasteiger partial charge in [0.1, 0.15) is 11.6 Å². The summed E-state index contributed by atoms with van der Waals surface area (Å²) in [6.45, 7) is 7.34. The molecule has 22 heavy (non-hydrogen) atoms. The van der Waals surface area contributed by atoms with Crippen LogP contribution in [0.25, 0.3) is 0 Å². The van der Waals surface area contributed by atoms with Crippen LogP contribution < -0.4 is 5.43 Å². The fourth-order valence-electron chi connectivity index (χ4n) is 1.77. The van der Waals surface area contributed by atoms with Crippen molar-refractivity contribution in [1.29, 1.82) is 0 Å². The van der Waals surface area contributed by atoms with E-state index in [0.717, 1.165) is 5.56 Å². The van der Waals surface area contributed by atoms with Crippen molar-refractivity contribution in [2.24, 2.45) is 0 Å². The van der Waals surface area contributed by atoms with Crippen LogP contribution in [-0.2, 0) is 20.8 Å². The first-order valence-electron chi connectivity index (χ1n) is 7.11. The van der Waals surface area contributed by atoms with Gasteiger partial charge in [-0.2, -0.15) is 0 Å². The number of benzene rings is 1. The third kappa shape index (κ3) is 6.13. The van der Waals surface area contributed by atoms with Gasteiger partial charge in [-0.05, 0) is 33.3 Å². The molecule has 0 aliphatic carbocycles. The van der Waals surface area contributed by atoms with E-state index in [4.69, 9.17) is 9.47 Å². The molecule has 1 unspecified atom stereocenters. The van der Waals surface area contributed by atoms with Gasteiger partial charge in [-0.3, -0.25) is 10.2 Å². The van der Waals surface area contributed by atoms with Gasteiger partial charge in [0.05, 0.1) is 7.11 Å². The lowest BCUT2D eigenvalue weighted by Gasteiger charge is -2.29. The number of rotatable bonds is 5. The van der Waals surface area contributed by atoms with E-state index in [1.807, 2.05) is 30.3 Å². The summed E-state index contributed by atoms with van der Waals surface area (Å²) in [4.78, 5) is 23.7. The van der Waals surface area contributed by atoms with Crippen molar-refractivity contribution in [2.45, 2.75) is 45.9 Å². The second-order valence-electron chi connectivity index (χ2n) is 5.93. The van der Waals surface area contributed by atoms with Crippen molar-refractivity contribution in [3.05, 3.63) is 35.9 Å². The highest BCUT2D eigenvalue weighted by atomic mass is 16.6. The predicted molar refractivity (Wildman–Crippen MR) is 82.8 cm³/mol. The molecule has 1 rings (SSSR count). The summed E-state index contributed by atoms with van der Waals surface area (Å²) >= 11 is 0. The first-order valence-corrected chi connectivity index (χ1v) is 7.11. The molecule has 0 saturated carbocycles. The Morgan fingerprint density at radius 2 is 1.82 bits per heavy atom. The van der Waals surface area contributed by atoms with E-state index >= 15 is 0 Å². The Morgan fingerprint density at radius 1 is 1.23 bits per heavy atom. The van der Waals surface area contributed by atoms with E-state index in [1.54, 1.807) is 27.7 Å². The summed E-state index contributed by atoms with van der Waals surface area (Å²) in [6.07, 6.45) is -0.612. The minimum absolute atomic E-state index is 0.357. The number of nitrogens with one attached hydrogen (secondary N) is 1. The van der Waals surface area contributed by atoms with Gasteiger partial charge in [-0.1, -0.05) is 30.3 Å². The Labute approximate surface area is 131 Å². The third-order valence-electron chi connectivity index (χ3n) is 2.84. The molecular weight excluding hydrogens is 284 g/mol. The maximum absolute atomic E-state index is 11.9. The standard InChI is InChI=1S/C16H24N2O4/c1-12(14(19)21-5)18(11-13-9-7-6-8-10-13)17-15(20)22-16(2,3)4/h6-10,12H,11H2,1-5H3,(H,17,20). The molecule has 0 spiro atoms. The van der Waals surface area contributed by atoms with Gasteiger partial charge < -0.3 is 9.47 Å². The molecule has 1 amide bonds. The molecule has 1 aromatic rings. The predicted octanol–water partition coefficient (Wildman–Crippen LogP) is 2.49. The Balaban J connectivity index is 2.82. The van der Waals surface area contributed by atoms with E-state index in [1.165, 1.54) is 12.1 Å². The van der Waals surface area contributed by atoms with Crippen LogP contribution in [0.3, 0.4) is 0 Å². The van der Waals surface area contributed by atoms with Crippen LogP contribution in [0.1, 0.15) is 33.3 Å². The molecule has 0 saturated heterocycles. The molecule has 0 fully saturated rings. The quantitative estimate of drug-likeness (QED) is 0.668. The molecule has 6 nitrogen and oxygen atoms in total. The maximum Gasteiger partial charge on any atom is 0.422 e. The first-order chi connectivity index (χ1) is 10.2. The summed E-state index contributed by atoms with van der Waals surface area (Å²) in [7, 11) is 1.31. The summed E-state index contributed by atoms with van der Waals surface area (Å²) in [5.41, 5.74) is 2.95. The number of carbonyl (C=O) groups excluding carboxylic acids is 2. The van der Waals surface area contributed by atoms with E-state index in [2.05, 4.69) is 5.43 Å². The van der Waals surface area contributed by atoms with Gasteiger partial charge in [-0.15, -0.1) is 0 Å². The van der Waals surface area contributed by atoms with E-state index in [0.29, 0.717) is 6.54 Å². The topological polar surface area (TPSA) is 67.9 Å². The minimum atomic E-state index is -0.641. The van der Waals surface area contributed by atoms with Crippen LogP contribution in [0.15, 0.2) is 30.3 Å². The van der Waals surface area contributed by atoms with E-state index in [9.17, 15) is 9.59 Å². The lowest BCUT2D eigenvalue weighted by atomic mass is 10.2. The molecule has 0 aliphatic rings. The Morgan fingerprint density at radius 3 is 2.32 bits per heavy atom. The molecule has 6 heteroatoms. The van der Waals surface area contributed by atoms with Crippen LogP contribution in [0.4, 0.5) is 4.79 Å². The lowest BCUT2D eigenvalue weighted by Crippen LogP contribution is -2.51. The van der Waals surface area contributed by atoms with Gasteiger partial charge in [0, 0.05) is 6.54 Å². The van der Waals surface area contributed by atoms with Crippen molar-refractivity contribution >= 4 is 12.1 Å². The normalized spacial score (nSPS) is 12.6. The van der Waals surface area contributed by atoms with E-state index in [-0.39, 0.29) is 0 Å². The van der Waals surface area contributed by atoms with Gasteiger partial charge >= 0.3 is 12.1 Å². The smallest absolute Gasteiger partial charge is 0.422 e. The number of hydrogen-bond donors (Lipinski definition) is 1. The highest BCUT2D eigenvalue weighted by Gasteiger charge is 2.26. The summed E-state index contributed by atoms with van der Waals surface area (Å²) in [5, 5.41) is 1.50. The van der Waals surface area contributed by atoms with Crippen LogP contribution in [0.5, 0.6) is 0 Å². The Bertz CT molecular complexity index is 497. The molecule has 0 heterocycles. The molecule has 0 aromatic heterocycles. The SMILES string of the molecule is COC(=O)C(C)N(Cc1ccccc1)NC(=O)OC(C)(C)C. The highest BCUT2D eigenvalue weighted by molar-refractivity contribution is 5.76. The van der Waals surface area contributed by atoms with E-state index < -0.39 is 23.7 Å². The number of amides is 1. The Hall–Kier alpha value is -2.08. The summed E-state index contributed by atoms with van der Waals surface area (Å²) in [5.74, 6) is -0.438. The fourth-order valence-corrected chi connectivity index (χ4v) is 1.77. The number of hydrogen-bond acceptors (Lipinski definition) is 5. The zero-order valence-electron chi connectivity index (χ0n) is 13.8. The molecule has 0 radical (unpaired) electrons. The highest BCUT2D eigenvalue weighted by Crippen LogP contribution is 2.10. The number of ether oxygens (including phenoxy) is 2. The Kier molecular flexibility index (Phi) is 6.37. The number of methoxy groups -OCH3 is 1. The zero-order chi connectivity index (χ0) is 16.8. The summed E-state index contributed by atoms with van der Waals surface area (Å²) in [6, 6.07) is 8.87. The maximum atomic E-state index is 11.9. The molecule has 122 valence electrons. The number of hydrazine groups is 1. The van der Waals surface area contributed by atoms with Crippen molar-refractivity contribution in [1.82, 2.24) is 10.4 Å². The second-order valence-corrected chi connectivity index (χ2v) is 5.93. The van der Waals surface area contributed by atoms with Crippen molar-refractivity contribution in [3.8, 4) is 0 Å². The summed E-state index contributed by atoms with van der Waals surface area (Å²) < 4.78 is 9.97. The van der Waals surface area contributed by atoms with Crippen LogP contribution in [-0.4, -0.2) is 35.8 Å². The van der Waals surface area contributed by atoms with Crippen LogP contribution in [0.2, 0.25) is 0 Å². The van der Waals surface area contributed by atoms with Crippen LogP contribution in [0, 0.1) is 0 Å². The zero-order valence-corrected chi connectivity index (χ0v) is 13.8. The average Bonchev–Trinajstić information content (AvgIpc) is 2.44. The van der Waals surface area contributed by atoms with Crippen LogP contribution >= 0.6 is 0 Å². The molecule has 1 aromatic carbocycles. The van der Waals surface area contributed by atoms with Crippen molar-refractivity contribution in [2.75, 3.05) is 7.11 Å². The molecule has 1 atom stereocenters. The van der Waals surface area contributed by atoms with Gasteiger partial charge in [0.25, 0.3) is 0 Å². The first kappa shape index (κ1) is 18.0. The van der Waals surface area contributed by atoms with Gasteiger partial charge in [0.2, 0.25) is 0 Å². The fraction of sp³-hybridized carbons (Fsp3) is 0.500. The largest absolute Gasteiger partial charge is 0.468 e. The van der Waals surface area contributed by atoms with Gasteiger partial charge in [0.15, 0.2) is 0 Å². The number of carbonyl (C=O) groups is 2. The molecular formula is C16H24N2O4. The van der Waals surface area contributed by atoms with Crippen molar-refractivity contribution < 1.29 is 19.1 Å².